The summed E-state index contributed by atoms with van der Waals surface area (Å²) in [5.74, 6) is 0.728. The fraction of sp³-hybridized carbons (Fsp3) is 0.571. The summed E-state index contributed by atoms with van der Waals surface area (Å²) in [4.78, 5) is 0. The highest BCUT2D eigenvalue weighted by Crippen LogP contribution is 2.05. The van der Waals surface area contributed by atoms with Crippen molar-refractivity contribution in [2.45, 2.75) is 39.7 Å². The first-order valence-corrected chi connectivity index (χ1v) is 6.01. The maximum Gasteiger partial charge on any atom is 0.00875 e. The summed E-state index contributed by atoms with van der Waals surface area (Å²) >= 11 is 0. The van der Waals surface area contributed by atoms with Gasteiger partial charge in [-0.3, -0.25) is 0 Å². The molecule has 1 unspecified atom stereocenters. The first-order valence-electron chi connectivity index (χ1n) is 6.01. The Hall–Kier alpha value is -0.820. The Morgan fingerprint density at radius 1 is 1.13 bits per heavy atom. The highest BCUT2D eigenvalue weighted by Gasteiger charge is 2.08. The molecule has 0 heterocycles. The van der Waals surface area contributed by atoms with Gasteiger partial charge in [0.25, 0.3) is 0 Å². The summed E-state index contributed by atoms with van der Waals surface area (Å²) in [5.41, 5.74) is 1.42. The zero-order valence-corrected chi connectivity index (χ0v) is 10.2. The molecule has 0 saturated carbocycles. The van der Waals surface area contributed by atoms with Gasteiger partial charge < -0.3 is 5.32 Å². The van der Waals surface area contributed by atoms with Crippen LogP contribution in [0.1, 0.15) is 32.8 Å². The summed E-state index contributed by atoms with van der Waals surface area (Å²) in [5, 5.41) is 3.62. The van der Waals surface area contributed by atoms with Crippen molar-refractivity contribution < 1.29 is 0 Å². The molecule has 0 radical (unpaired) electrons. The lowest BCUT2D eigenvalue weighted by molar-refractivity contribution is 0.391. The van der Waals surface area contributed by atoms with E-state index in [-0.39, 0.29) is 0 Å². The molecule has 0 aromatic heterocycles. The summed E-state index contributed by atoms with van der Waals surface area (Å²) < 4.78 is 0. The molecule has 0 saturated heterocycles. The van der Waals surface area contributed by atoms with Gasteiger partial charge in [-0.1, -0.05) is 51.1 Å². The highest BCUT2D eigenvalue weighted by molar-refractivity contribution is 5.14. The monoisotopic (exact) mass is 205 g/mol. The third-order valence-electron chi connectivity index (χ3n) is 2.91. The van der Waals surface area contributed by atoms with Crippen LogP contribution in [0, 0.1) is 5.92 Å². The molecule has 15 heavy (non-hydrogen) atoms. The molecule has 1 nitrogen and oxygen atoms in total. The van der Waals surface area contributed by atoms with Gasteiger partial charge in [0.05, 0.1) is 0 Å². The molecule has 0 amide bonds. The molecule has 0 aliphatic carbocycles. The van der Waals surface area contributed by atoms with E-state index in [1.165, 1.54) is 12.0 Å². The molecule has 84 valence electrons. The molecular weight excluding hydrogens is 182 g/mol. The van der Waals surface area contributed by atoms with Gasteiger partial charge in [0, 0.05) is 6.04 Å². The first-order chi connectivity index (χ1) is 7.24. The van der Waals surface area contributed by atoms with Crippen LogP contribution in [0.3, 0.4) is 0 Å². The van der Waals surface area contributed by atoms with Gasteiger partial charge in [-0.15, -0.1) is 0 Å². The predicted molar refractivity (Wildman–Crippen MR) is 67.1 cm³/mol. The molecule has 0 fully saturated rings. The lowest BCUT2D eigenvalue weighted by atomic mass is 10.0. The molecule has 1 aromatic rings. The van der Waals surface area contributed by atoms with Gasteiger partial charge in [-0.2, -0.15) is 0 Å². The lowest BCUT2D eigenvalue weighted by Gasteiger charge is -2.20. The van der Waals surface area contributed by atoms with E-state index in [9.17, 15) is 0 Å². The zero-order chi connectivity index (χ0) is 11.1. The van der Waals surface area contributed by atoms with Crippen molar-refractivity contribution in [3.05, 3.63) is 35.9 Å². The molecule has 1 atom stereocenters. The molecule has 1 heteroatoms. The van der Waals surface area contributed by atoms with Crippen molar-refractivity contribution in [2.75, 3.05) is 6.54 Å². The van der Waals surface area contributed by atoms with E-state index in [1.807, 2.05) is 0 Å². The third kappa shape index (κ3) is 4.48. The zero-order valence-electron chi connectivity index (χ0n) is 10.2. The van der Waals surface area contributed by atoms with Gasteiger partial charge in [0.2, 0.25) is 0 Å². The standard InChI is InChI=1S/C14H23N/c1-4-14(12(2)3)15-11-10-13-8-6-5-7-9-13/h5-9,12,14-15H,4,10-11H2,1-3H3. The average Bonchev–Trinajstić information content (AvgIpc) is 2.25. The summed E-state index contributed by atoms with van der Waals surface area (Å²) in [6.45, 7) is 7.90. The Morgan fingerprint density at radius 2 is 1.80 bits per heavy atom. The van der Waals surface area contributed by atoms with E-state index in [0.717, 1.165) is 18.9 Å². The Labute approximate surface area is 93.9 Å². The fourth-order valence-corrected chi connectivity index (χ4v) is 1.90. The number of hydrogen-bond donors (Lipinski definition) is 1. The summed E-state index contributed by atoms with van der Waals surface area (Å²) in [6.07, 6.45) is 2.34. The van der Waals surface area contributed by atoms with E-state index < -0.39 is 0 Å². The SMILES string of the molecule is CCC(NCCc1ccccc1)C(C)C. The summed E-state index contributed by atoms with van der Waals surface area (Å²) in [6, 6.07) is 11.3. The van der Waals surface area contributed by atoms with Crippen molar-refractivity contribution in [3.8, 4) is 0 Å². The molecule has 1 aromatic carbocycles. The van der Waals surface area contributed by atoms with E-state index in [0.29, 0.717) is 6.04 Å². The minimum Gasteiger partial charge on any atom is -0.313 e. The molecule has 0 aliphatic heterocycles. The molecule has 0 aliphatic rings. The second-order valence-corrected chi connectivity index (χ2v) is 4.45. The smallest absolute Gasteiger partial charge is 0.00875 e. The molecular formula is C14H23N. The average molecular weight is 205 g/mol. The van der Waals surface area contributed by atoms with Crippen molar-refractivity contribution in [3.63, 3.8) is 0 Å². The van der Waals surface area contributed by atoms with Crippen molar-refractivity contribution in [1.29, 1.82) is 0 Å². The maximum atomic E-state index is 3.62. The molecule has 1 rings (SSSR count). The van der Waals surface area contributed by atoms with Crippen LogP contribution in [-0.4, -0.2) is 12.6 Å². The van der Waals surface area contributed by atoms with Crippen molar-refractivity contribution in [2.24, 2.45) is 5.92 Å². The maximum absolute atomic E-state index is 3.62. The van der Waals surface area contributed by atoms with Crippen LogP contribution in [0.5, 0.6) is 0 Å². The van der Waals surface area contributed by atoms with Crippen molar-refractivity contribution >= 4 is 0 Å². The predicted octanol–water partition coefficient (Wildman–Crippen LogP) is 3.25. The van der Waals surface area contributed by atoms with Gasteiger partial charge in [0.15, 0.2) is 0 Å². The van der Waals surface area contributed by atoms with E-state index >= 15 is 0 Å². The Morgan fingerprint density at radius 3 is 2.33 bits per heavy atom. The normalized spacial score (nSPS) is 13.1. The van der Waals surface area contributed by atoms with Crippen LogP contribution in [0.2, 0.25) is 0 Å². The Kier molecular flexibility index (Phi) is 5.41. The largest absolute Gasteiger partial charge is 0.313 e. The van der Waals surface area contributed by atoms with Crippen LogP contribution in [-0.2, 0) is 6.42 Å². The van der Waals surface area contributed by atoms with E-state index in [1.54, 1.807) is 0 Å². The van der Waals surface area contributed by atoms with Gasteiger partial charge >= 0.3 is 0 Å². The number of benzene rings is 1. The molecule has 0 bridgehead atoms. The van der Waals surface area contributed by atoms with E-state index in [4.69, 9.17) is 0 Å². The molecule has 0 spiro atoms. The summed E-state index contributed by atoms with van der Waals surface area (Å²) in [7, 11) is 0. The Bertz CT molecular complexity index is 253. The molecule has 1 N–H and O–H groups in total. The fourth-order valence-electron chi connectivity index (χ4n) is 1.90. The topological polar surface area (TPSA) is 12.0 Å². The van der Waals surface area contributed by atoms with Crippen LogP contribution in [0.25, 0.3) is 0 Å². The minimum atomic E-state index is 0.661. The number of nitrogens with one attached hydrogen (secondary N) is 1. The van der Waals surface area contributed by atoms with Crippen LogP contribution >= 0.6 is 0 Å². The van der Waals surface area contributed by atoms with Crippen LogP contribution < -0.4 is 5.32 Å². The number of hydrogen-bond acceptors (Lipinski definition) is 1. The second kappa shape index (κ2) is 6.62. The van der Waals surface area contributed by atoms with Crippen LogP contribution in [0.4, 0.5) is 0 Å². The van der Waals surface area contributed by atoms with E-state index in [2.05, 4.69) is 56.4 Å². The quantitative estimate of drug-likeness (QED) is 0.751. The number of rotatable bonds is 6. The van der Waals surface area contributed by atoms with Gasteiger partial charge in [0.1, 0.15) is 0 Å². The lowest BCUT2D eigenvalue weighted by Crippen LogP contribution is -2.34. The third-order valence-corrected chi connectivity index (χ3v) is 2.91. The van der Waals surface area contributed by atoms with Crippen LogP contribution in [0.15, 0.2) is 30.3 Å². The Balaban J connectivity index is 2.27. The minimum absolute atomic E-state index is 0.661. The van der Waals surface area contributed by atoms with Gasteiger partial charge in [-0.25, -0.2) is 0 Å². The second-order valence-electron chi connectivity index (χ2n) is 4.45. The van der Waals surface area contributed by atoms with Crippen molar-refractivity contribution in [1.82, 2.24) is 5.32 Å². The highest BCUT2D eigenvalue weighted by atomic mass is 14.9. The first kappa shape index (κ1) is 12.3. The van der Waals surface area contributed by atoms with Gasteiger partial charge in [-0.05, 0) is 30.9 Å².